The fourth-order valence-corrected chi connectivity index (χ4v) is 3.32. The Bertz CT molecular complexity index is 836. The van der Waals surface area contributed by atoms with Gasteiger partial charge < -0.3 is 10.6 Å². The topological polar surface area (TPSA) is 78.5 Å². The number of nitrogens with one attached hydrogen (secondary N) is 2. The standard InChI is InChI=1S/C21H23N3O3/c1-15(2)22-18(25)14-24-19(26)21(23-20(24)27,17-11-7-4-8-12-17)13-16-9-5-3-6-10-16/h3-12,15H,13-14H2,1-2H3,(H,22,25)(H,23,27). The molecular weight excluding hydrogens is 342 g/mol. The van der Waals surface area contributed by atoms with Crippen molar-refractivity contribution in [2.75, 3.05) is 6.54 Å². The number of carbonyl (C=O) groups is 3. The minimum absolute atomic E-state index is 0.0681. The number of urea groups is 1. The zero-order valence-corrected chi connectivity index (χ0v) is 15.4. The van der Waals surface area contributed by atoms with Gasteiger partial charge in [0.2, 0.25) is 5.91 Å². The lowest BCUT2D eigenvalue weighted by Gasteiger charge is -2.27. The molecule has 0 spiro atoms. The van der Waals surface area contributed by atoms with E-state index in [1.165, 1.54) is 0 Å². The third-order valence-electron chi connectivity index (χ3n) is 4.51. The van der Waals surface area contributed by atoms with Gasteiger partial charge in [-0.25, -0.2) is 4.79 Å². The van der Waals surface area contributed by atoms with Gasteiger partial charge >= 0.3 is 6.03 Å². The van der Waals surface area contributed by atoms with Crippen molar-refractivity contribution < 1.29 is 14.4 Å². The Balaban J connectivity index is 1.95. The van der Waals surface area contributed by atoms with Crippen molar-refractivity contribution in [3.8, 4) is 0 Å². The zero-order chi connectivity index (χ0) is 19.4. The average Bonchev–Trinajstić information content (AvgIpc) is 2.88. The molecule has 6 nitrogen and oxygen atoms in total. The molecule has 1 aliphatic rings. The molecule has 6 heteroatoms. The van der Waals surface area contributed by atoms with E-state index < -0.39 is 17.5 Å². The molecule has 0 radical (unpaired) electrons. The first-order chi connectivity index (χ1) is 12.9. The van der Waals surface area contributed by atoms with E-state index in [0.29, 0.717) is 12.0 Å². The second-order valence-electron chi connectivity index (χ2n) is 6.98. The molecule has 1 heterocycles. The summed E-state index contributed by atoms with van der Waals surface area (Å²) in [5, 5.41) is 5.56. The lowest BCUT2D eigenvalue weighted by atomic mass is 9.83. The molecule has 0 saturated carbocycles. The third-order valence-corrected chi connectivity index (χ3v) is 4.51. The Morgan fingerprint density at radius 2 is 1.63 bits per heavy atom. The predicted octanol–water partition coefficient (Wildman–Crippen LogP) is 2.20. The molecule has 0 bridgehead atoms. The Hall–Kier alpha value is -3.15. The molecule has 27 heavy (non-hydrogen) atoms. The Morgan fingerprint density at radius 1 is 1.04 bits per heavy atom. The molecule has 0 aromatic heterocycles. The Kier molecular flexibility index (Phi) is 5.26. The summed E-state index contributed by atoms with van der Waals surface area (Å²) in [5.74, 6) is -0.779. The van der Waals surface area contributed by atoms with Crippen molar-refractivity contribution >= 4 is 17.8 Å². The maximum atomic E-state index is 13.3. The van der Waals surface area contributed by atoms with Gasteiger partial charge in [0.1, 0.15) is 6.54 Å². The maximum absolute atomic E-state index is 13.3. The number of rotatable bonds is 6. The monoisotopic (exact) mass is 365 g/mol. The number of hydrogen-bond acceptors (Lipinski definition) is 3. The minimum atomic E-state index is -1.22. The summed E-state index contributed by atoms with van der Waals surface area (Å²) in [5.41, 5.74) is 0.389. The van der Waals surface area contributed by atoms with Crippen LogP contribution >= 0.6 is 0 Å². The predicted molar refractivity (Wildman–Crippen MR) is 102 cm³/mol. The van der Waals surface area contributed by atoms with E-state index in [1.54, 1.807) is 0 Å². The molecule has 4 amide bonds. The van der Waals surface area contributed by atoms with Crippen LogP contribution < -0.4 is 10.6 Å². The normalized spacial score (nSPS) is 19.3. The lowest BCUT2D eigenvalue weighted by molar-refractivity contribution is -0.135. The van der Waals surface area contributed by atoms with Crippen LogP contribution in [0.3, 0.4) is 0 Å². The highest BCUT2D eigenvalue weighted by atomic mass is 16.2. The number of benzene rings is 2. The van der Waals surface area contributed by atoms with Gasteiger partial charge in [-0.3, -0.25) is 14.5 Å². The fraction of sp³-hybridized carbons (Fsp3) is 0.286. The highest BCUT2D eigenvalue weighted by molar-refractivity contribution is 6.09. The van der Waals surface area contributed by atoms with Crippen molar-refractivity contribution in [3.05, 3.63) is 71.8 Å². The van der Waals surface area contributed by atoms with Crippen LogP contribution in [0, 0.1) is 0 Å². The van der Waals surface area contributed by atoms with Gasteiger partial charge in [0.05, 0.1) is 0 Å². The first-order valence-electron chi connectivity index (χ1n) is 8.95. The largest absolute Gasteiger partial charge is 0.352 e. The van der Waals surface area contributed by atoms with Crippen LogP contribution in [0.25, 0.3) is 0 Å². The molecule has 3 rings (SSSR count). The molecule has 1 saturated heterocycles. The van der Waals surface area contributed by atoms with Crippen molar-refractivity contribution in [3.63, 3.8) is 0 Å². The number of imide groups is 1. The summed E-state index contributed by atoms with van der Waals surface area (Å²) in [7, 11) is 0. The molecule has 2 aromatic carbocycles. The summed E-state index contributed by atoms with van der Waals surface area (Å²) in [6.45, 7) is 3.35. The molecule has 1 atom stereocenters. The van der Waals surface area contributed by atoms with Crippen molar-refractivity contribution in [2.24, 2.45) is 0 Å². The van der Waals surface area contributed by atoms with Gasteiger partial charge in [-0.15, -0.1) is 0 Å². The Morgan fingerprint density at radius 3 is 2.22 bits per heavy atom. The second kappa shape index (κ2) is 7.61. The number of nitrogens with zero attached hydrogens (tertiary/aromatic N) is 1. The van der Waals surface area contributed by atoms with Gasteiger partial charge in [-0.05, 0) is 25.0 Å². The summed E-state index contributed by atoms with van der Waals surface area (Å²) in [4.78, 5) is 39.0. The average molecular weight is 365 g/mol. The number of amides is 4. The van der Waals surface area contributed by atoms with E-state index in [1.807, 2.05) is 74.5 Å². The van der Waals surface area contributed by atoms with Crippen LogP contribution in [0.5, 0.6) is 0 Å². The van der Waals surface area contributed by atoms with Crippen LogP contribution in [0.2, 0.25) is 0 Å². The second-order valence-corrected chi connectivity index (χ2v) is 6.98. The molecule has 2 aromatic rings. The summed E-state index contributed by atoms with van der Waals surface area (Å²) >= 11 is 0. The lowest BCUT2D eigenvalue weighted by Crippen LogP contribution is -2.47. The highest BCUT2D eigenvalue weighted by Gasteiger charge is 2.52. The van der Waals surface area contributed by atoms with E-state index in [2.05, 4.69) is 10.6 Å². The third kappa shape index (κ3) is 3.84. The number of carbonyl (C=O) groups excluding carboxylic acids is 3. The molecule has 0 aliphatic carbocycles. The first kappa shape index (κ1) is 18.6. The van der Waals surface area contributed by atoms with E-state index in [4.69, 9.17) is 0 Å². The summed E-state index contributed by atoms with van der Waals surface area (Å²) < 4.78 is 0. The molecule has 1 unspecified atom stereocenters. The summed E-state index contributed by atoms with van der Waals surface area (Å²) in [6, 6.07) is 18.0. The van der Waals surface area contributed by atoms with Gasteiger partial charge in [0.25, 0.3) is 5.91 Å². The van der Waals surface area contributed by atoms with Crippen molar-refractivity contribution in [2.45, 2.75) is 31.8 Å². The van der Waals surface area contributed by atoms with Crippen molar-refractivity contribution in [1.82, 2.24) is 15.5 Å². The van der Waals surface area contributed by atoms with Gasteiger partial charge in [-0.1, -0.05) is 60.7 Å². The smallest absolute Gasteiger partial charge is 0.325 e. The molecule has 140 valence electrons. The maximum Gasteiger partial charge on any atom is 0.325 e. The van der Waals surface area contributed by atoms with E-state index in [0.717, 1.165) is 10.5 Å². The summed E-state index contributed by atoms with van der Waals surface area (Å²) in [6.07, 6.45) is 0.310. The Labute approximate surface area is 158 Å². The number of hydrogen-bond donors (Lipinski definition) is 2. The SMILES string of the molecule is CC(C)NC(=O)CN1C(=O)NC(Cc2ccccc2)(c2ccccc2)C1=O. The van der Waals surface area contributed by atoms with Crippen LogP contribution in [0.4, 0.5) is 4.79 Å². The first-order valence-corrected chi connectivity index (χ1v) is 8.95. The van der Waals surface area contributed by atoms with Gasteiger partial charge in [0, 0.05) is 12.5 Å². The zero-order valence-electron chi connectivity index (χ0n) is 15.4. The fourth-order valence-electron chi connectivity index (χ4n) is 3.32. The van der Waals surface area contributed by atoms with Gasteiger partial charge in [-0.2, -0.15) is 0 Å². The molecule has 2 N–H and O–H groups in total. The molecule has 1 aliphatic heterocycles. The van der Waals surface area contributed by atoms with Crippen LogP contribution in [0.1, 0.15) is 25.0 Å². The van der Waals surface area contributed by atoms with Gasteiger partial charge in [0.15, 0.2) is 5.54 Å². The minimum Gasteiger partial charge on any atom is -0.352 e. The van der Waals surface area contributed by atoms with Crippen LogP contribution in [-0.4, -0.2) is 35.3 Å². The quantitative estimate of drug-likeness (QED) is 0.771. The van der Waals surface area contributed by atoms with E-state index in [-0.39, 0.29) is 18.5 Å². The van der Waals surface area contributed by atoms with E-state index >= 15 is 0 Å². The van der Waals surface area contributed by atoms with E-state index in [9.17, 15) is 14.4 Å². The van der Waals surface area contributed by atoms with Crippen molar-refractivity contribution in [1.29, 1.82) is 0 Å². The van der Waals surface area contributed by atoms with Crippen LogP contribution in [0.15, 0.2) is 60.7 Å². The highest BCUT2D eigenvalue weighted by Crippen LogP contribution is 2.32. The molecular formula is C21H23N3O3. The molecule has 1 fully saturated rings. The van der Waals surface area contributed by atoms with Crippen LogP contribution in [-0.2, 0) is 21.5 Å².